The van der Waals surface area contributed by atoms with Crippen LogP contribution in [0.3, 0.4) is 0 Å². The quantitative estimate of drug-likeness (QED) is 0.538. The third-order valence-corrected chi connectivity index (χ3v) is 5.68. The summed E-state index contributed by atoms with van der Waals surface area (Å²) in [6, 6.07) is 12.4. The van der Waals surface area contributed by atoms with Crippen LogP contribution >= 0.6 is 35.0 Å². The van der Waals surface area contributed by atoms with E-state index < -0.39 is 23.7 Å². The van der Waals surface area contributed by atoms with E-state index in [4.69, 9.17) is 27.9 Å². The van der Waals surface area contributed by atoms with Crippen LogP contribution in [-0.2, 0) is 25.7 Å². The zero-order valence-electron chi connectivity index (χ0n) is 16.5. The SMILES string of the molecule is Cc1ccc(NC(=O)CS[C@H](C)C(=O)OCC(=O)NCc2ccc(Cl)cc2Cl)cc1. The van der Waals surface area contributed by atoms with Gasteiger partial charge in [0.25, 0.3) is 5.91 Å². The van der Waals surface area contributed by atoms with Gasteiger partial charge < -0.3 is 15.4 Å². The van der Waals surface area contributed by atoms with Crippen LogP contribution in [0.2, 0.25) is 10.0 Å². The molecule has 0 aliphatic rings. The molecule has 9 heteroatoms. The summed E-state index contributed by atoms with van der Waals surface area (Å²) in [5, 5.41) is 5.73. The Labute approximate surface area is 189 Å². The van der Waals surface area contributed by atoms with Gasteiger partial charge in [-0.3, -0.25) is 14.4 Å². The third-order valence-electron chi connectivity index (χ3n) is 3.97. The number of carbonyl (C=O) groups is 3. The van der Waals surface area contributed by atoms with Crippen molar-refractivity contribution in [1.29, 1.82) is 0 Å². The summed E-state index contributed by atoms with van der Waals surface area (Å²) < 4.78 is 5.01. The second kappa shape index (κ2) is 11.8. The van der Waals surface area contributed by atoms with Gasteiger partial charge in [-0.15, -0.1) is 11.8 Å². The highest BCUT2D eigenvalue weighted by atomic mass is 35.5. The van der Waals surface area contributed by atoms with Crippen LogP contribution in [0.25, 0.3) is 0 Å². The standard InChI is InChI=1S/C21H22Cl2N2O4S/c1-13-3-7-17(8-4-13)25-20(27)12-30-14(2)21(28)29-11-19(26)24-10-15-5-6-16(22)9-18(15)23/h3-9,14H,10-12H2,1-2H3,(H,24,26)(H,25,27)/t14-/m1/s1. The number of anilines is 1. The number of hydrogen-bond donors (Lipinski definition) is 2. The highest BCUT2D eigenvalue weighted by Gasteiger charge is 2.18. The molecular weight excluding hydrogens is 447 g/mol. The number of esters is 1. The normalized spacial score (nSPS) is 11.5. The summed E-state index contributed by atoms with van der Waals surface area (Å²) in [6.07, 6.45) is 0. The molecule has 0 aliphatic heterocycles. The minimum absolute atomic E-state index is 0.0887. The van der Waals surface area contributed by atoms with Gasteiger partial charge in [0, 0.05) is 22.3 Å². The number of ether oxygens (including phenoxy) is 1. The zero-order chi connectivity index (χ0) is 22.1. The van der Waals surface area contributed by atoms with E-state index in [0.29, 0.717) is 21.3 Å². The molecular formula is C21H22Cl2N2O4S. The maximum Gasteiger partial charge on any atom is 0.319 e. The van der Waals surface area contributed by atoms with E-state index in [1.165, 1.54) is 0 Å². The first-order valence-corrected chi connectivity index (χ1v) is 10.9. The molecule has 0 aromatic heterocycles. The predicted molar refractivity (Wildman–Crippen MR) is 121 cm³/mol. The smallest absolute Gasteiger partial charge is 0.319 e. The number of rotatable bonds is 9. The van der Waals surface area contributed by atoms with Crippen molar-refractivity contribution in [3.8, 4) is 0 Å². The van der Waals surface area contributed by atoms with Crippen LogP contribution in [0.4, 0.5) is 5.69 Å². The summed E-state index contributed by atoms with van der Waals surface area (Å²) in [7, 11) is 0. The molecule has 0 heterocycles. The second-order valence-corrected chi connectivity index (χ2v) is 8.66. The number of benzene rings is 2. The van der Waals surface area contributed by atoms with Gasteiger partial charge in [0.05, 0.1) is 5.75 Å². The van der Waals surface area contributed by atoms with E-state index in [2.05, 4.69) is 10.6 Å². The first kappa shape index (κ1) is 24.1. The lowest BCUT2D eigenvalue weighted by molar-refractivity contribution is -0.147. The van der Waals surface area contributed by atoms with Crippen LogP contribution in [0.1, 0.15) is 18.1 Å². The summed E-state index contributed by atoms with van der Waals surface area (Å²) in [4.78, 5) is 35.9. The fourth-order valence-electron chi connectivity index (χ4n) is 2.27. The molecule has 0 fully saturated rings. The largest absolute Gasteiger partial charge is 0.455 e. The van der Waals surface area contributed by atoms with Crippen molar-refractivity contribution in [3.05, 3.63) is 63.6 Å². The Hall–Kier alpha value is -2.22. The molecule has 2 N–H and O–H groups in total. The summed E-state index contributed by atoms with van der Waals surface area (Å²) in [5.74, 6) is -1.15. The van der Waals surface area contributed by atoms with Gasteiger partial charge >= 0.3 is 5.97 Å². The molecule has 2 aromatic carbocycles. The third kappa shape index (κ3) is 8.26. The molecule has 0 unspecified atom stereocenters. The monoisotopic (exact) mass is 468 g/mol. The van der Waals surface area contributed by atoms with Gasteiger partial charge in [-0.2, -0.15) is 0 Å². The topological polar surface area (TPSA) is 84.5 Å². The fourth-order valence-corrected chi connectivity index (χ4v) is 3.42. The van der Waals surface area contributed by atoms with Crippen molar-refractivity contribution in [2.24, 2.45) is 0 Å². The first-order valence-electron chi connectivity index (χ1n) is 9.10. The van der Waals surface area contributed by atoms with E-state index in [1.807, 2.05) is 31.2 Å². The van der Waals surface area contributed by atoms with Crippen LogP contribution in [0, 0.1) is 6.92 Å². The Morgan fingerprint density at radius 3 is 2.43 bits per heavy atom. The molecule has 6 nitrogen and oxygen atoms in total. The Kier molecular flexibility index (Phi) is 9.49. The van der Waals surface area contributed by atoms with Crippen molar-refractivity contribution >= 4 is 58.4 Å². The second-order valence-electron chi connectivity index (χ2n) is 6.49. The van der Waals surface area contributed by atoms with Crippen LogP contribution < -0.4 is 10.6 Å². The molecule has 0 saturated heterocycles. The van der Waals surface area contributed by atoms with E-state index in [9.17, 15) is 14.4 Å². The molecule has 2 rings (SSSR count). The first-order chi connectivity index (χ1) is 14.2. The van der Waals surface area contributed by atoms with E-state index >= 15 is 0 Å². The number of thioether (sulfide) groups is 1. The lowest BCUT2D eigenvalue weighted by atomic mass is 10.2. The van der Waals surface area contributed by atoms with Gasteiger partial charge in [0.2, 0.25) is 5.91 Å². The average Bonchev–Trinajstić information content (AvgIpc) is 2.71. The van der Waals surface area contributed by atoms with Crippen LogP contribution in [-0.4, -0.2) is 35.4 Å². The van der Waals surface area contributed by atoms with Gasteiger partial charge in [-0.1, -0.05) is 47.0 Å². The molecule has 30 heavy (non-hydrogen) atoms. The molecule has 0 aliphatic carbocycles. The number of amides is 2. The lowest BCUT2D eigenvalue weighted by Gasteiger charge is -2.12. The molecule has 0 radical (unpaired) electrons. The number of nitrogens with one attached hydrogen (secondary N) is 2. The summed E-state index contributed by atoms with van der Waals surface area (Å²) >= 11 is 13.0. The maximum absolute atomic E-state index is 12.0. The van der Waals surface area contributed by atoms with Crippen molar-refractivity contribution in [1.82, 2.24) is 5.32 Å². The number of aryl methyl sites for hydroxylation is 1. The highest BCUT2D eigenvalue weighted by Crippen LogP contribution is 2.20. The molecule has 2 amide bonds. The molecule has 0 bridgehead atoms. The fraction of sp³-hybridized carbons (Fsp3) is 0.286. The van der Waals surface area contributed by atoms with Gasteiger partial charge in [0.1, 0.15) is 5.25 Å². The molecule has 0 spiro atoms. The number of carbonyl (C=O) groups excluding carboxylic acids is 3. The van der Waals surface area contributed by atoms with Gasteiger partial charge in [0.15, 0.2) is 6.61 Å². The van der Waals surface area contributed by atoms with Crippen LogP contribution in [0.5, 0.6) is 0 Å². The van der Waals surface area contributed by atoms with E-state index in [1.54, 1.807) is 25.1 Å². The zero-order valence-corrected chi connectivity index (χ0v) is 18.9. The number of hydrogen-bond acceptors (Lipinski definition) is 5. The average molecular weight is 469 g/mol. The van der Waals surface area contributed by atoms with Crippen molar-refractivity contribution in [3.63, 3.8) is 0 Å². The molecule has 160 valence electrons. The minimum Gasteiger partial charge on any atom is -0.455 e. The molecule has 0 saturated carbocycles. The van der Waals surface area contributed by atoms with Crippen LogP contribution in [0.15, 0.2) is 42.5 Å². The Morgan fingerprint density at radius 1 is 1.07 bits per heavy atom. The van der Waals surface area contributed by atoms with E-state index in [0.717, 1.165) is 17.3 Å². The molecule has 1 atom stereocenters. The number of halogens is 2. The lowest BCUT2D eigenvalue weighted by Crippen LogP contribution is -2.30. The van der Waals surface area contributed by atoms with Gasteiger partial charge in [-0.05, 0) is 43.7 Å². The van der Waals surface area contributed by atoms with Crippen molar-refractivity contribution in [2.45, 2.75) is 25.6 Å². The Balaban J connectivity index is 1.67. The highest BCUT2D eigenvalue weighted by molar-refractivity contribution is 8.01. The predicted octanol–water partition coefficient (Wildman–Crippen LogP) is 4.22. The minimum atomic E-state index is -0.590. The Bertz CT molecular complexity index is 906. The Morgan fingerprint density at radius 2 is 1.77 bits per heavy atom. The maximum atomic E-state index is 12.0. The van der Waals surface area contributed by atoms with E-state index in [-0.39, 0.29) is 18.2 Å². The molecule has 2 aromatic rings. The van der Waals surface area contributed by atoms with Gasteiger partial charge in [-0.25, -0.2) is 0 Å². The van der Waals surface area contributed by atoms with Crippen molar-refractivity contribution in [2.75, 3.05) is 17.7 Å². The van der Waals surface area contributed by atoms with Crippen molar-refractivity contribution < 1.29 is 19.1 Å². The summed E-state index contributed by atoms with van der Waals surface area (Å²) in [6.45, 7) is 3.36. The summed E-state index contributed by atoms with van der Waals surface area (Å²) in [5.41, 5.74) is 2.49.